The second-order valence-electron chi connectivity index (χ2n) is 4.45. The molecule has 0 radical (unpaired) electrons. The van der Waals surface area contributed by atoms with E-state index in [4.69, 9.17) is 5.73 Å². The minimum atomic E-state index is 0.826. The molecule has 1 heterocycles. The Balaban J connectivity index is 2.64. The normalized spacial score (nSPS) is 10.8. The van der Waals surface area contributed by atoms with E-state index in [0.29, 0.717) is 0 Å². The van der Waals surface area contributed by atoms with E-state index in [-0.39, 0.29) is 0 Å². The predicted octanol–water partition coefficient (Wildman–Crippen LogP) is 3.08. The zero-order chi connectivity index (χ0) is 12.6. The number of nitrogen functional groups attached to an aromatic ring is 1. The summed E-state index contributed by atoms with van der Waals surface area (Å²) in [7, 11) is 0. The van der Waals surface area contributed by atoms with Crippen LogP contribution < -0.4 is 5.73 Å². The smallest absolute Gasteiger partial charge is 0.0675 e. The molecule has 90 valence electrons. The van der Waals surface area contributed by atoms with Crippen molar-refractivity contribution in [2.75, 3.05) is 5.73 Å². The zero-order valence-corrected chi connectivity index (χ0v) is 10.9. The van der Waals surface area contributed by atoms with Gasteiger partial charge in [0.05, 0.1) is 5.69 Å². The summed E-state index contributed by atoms with van der Waals surface area (Å²) in [5.41, 5.74) is 12.6. The summed E-state index contributed by atoms with van der Waals surface area (Å²) >= 11 is 0. The van der Waals surface area contributed by atoms with Gasteiger partial charge < -0.3 is 5.73 Å². The van der Waals surface area contributed by atoms with Gasteiger partial charge in [0.2, 0.25) is 0 Å². The molecule has 0 spiro atoms. The Hall–Kier alpha value is -1.77. The van der Waals surface area contributed by atoms with Crippen LogP contribution in [0.1, 0.15) is 23.9 Å². The van der Waals surface area contributed by atoms with Gasteiger partial charge in [-0.1, -0.05) is 12.1 Å². The summed E-state index contributed by atoms with van der Waals surface area (Å²) in [6.45, 7) is 9.17. The van der Waals surface area contributed by atoms with Gasteiger partial charge in [-0.15, -0.1) is 0 Å². The molecule has 3 heteroatoms. The number of anilines is 1. The molecule has 0 saturated heterocycles. The maximum absolute atomic E-state index is 6.10. The monoisotopic (exact) mass is 229 g/mol. The molecular weight excluding hydrogens is 210 g/mol. The molecule has 0 aliphatic carbocycles. The van der Waals surface area contributed by atoms with Gasteiger partial charge in [0.25, 0.3) is 0 Å². The molecule has 2 rings (SSSR count). The Labute approximate surface area is 102 Å². The van der Waals surface area contributed by atoms with Crippen LogP contribution in [0, 0.1) is 20.8 Å². The summed E-state index contributed by atoms with van der Waals surface area (Å²) in [6, 6.07) is 6.19. The first-order valence-corrected chi connectivity index (χ1v) is 5.95. The summed E-state index contributed by atoms with van der Waals surface area (Å²) in [6.07, 6.45) is 0. The van der Waals surface area contributed by atoms with E-state index in [9.17, 15) is 0 Å². The van der Waals surface area contributed by atoms with E-state index in [1.165, 1.54) is 16.8 Å². The fourth-order valence-corrected chi connectivity index (χ4v) is 2.30. The lowest BCUT2D eigenvalue weighted by Crippen LogP contribution is -1.99. The minimum Gasteiger partial charge on any atom is -0.398 e. The van der Waals surface area contributed by atoms with Crippen LogP contribution in [0.15, 0.2) is 18.2 Å². The predicted molar refractivity (Wildman–Crippen MR) is 72.0 cm³/mol. The standard InChI is InChI=1S/C14H19N3/c1-5-17-11(4)14(10(3)16-17)12-7-6-9(2)8-13(12)15/h6-8H,5,15H2,1-4H3. The lowest BCUT2D eigenvalue weighted by molar-refractivity contribution is 0.634. The molecule has 1 aromatic heterocycles. The highest BCUT2D eigenvalue weighted by Crippen LogP contribution is 2.31. The average Bonchev–Trinajstić information content (AvgIpc) is 2.55. The number of nitrogens with two attached hydrogens (primary N) is 1. The lowest BCUT2D eigenvalue weighted by Gasteiger charge is -2.07. The summed E-state index contributed by atoms with van der Waals surface area (Å²) < 4.78 is 2.02. The SMILES string of the molecule is CCn1nc(C)c(-c2ccc(C)cc2N)c1C. The quantitative estimate of drug-likeness (QED) is 0.804. The van der Waals surface area contributed by atoms with Crippen molar-refractivity contribution in [3.8, 4) is 11.1 Å². The van der Waals surface area contributed by atoms with Gasteiger partial charge in [-0.2, -0.15) is 5.10 Å². The summed E-state index contributed by atoms with van der Waals surface area (Å²) in [5.74, 6) is 0. The van der Waals surface area contributed by atoms with E-state index in [0.717, 1.165) is 23.5 Å². The molecule has 0 saturated carbocycles. The molecule has 17 heavy (non-hydrogen) atoms. The third-order valence-electron chi connectivity index (χ3n) is 3.16. The highest BCUT2D eigenvalue weighted by Gasteiger charge is 2.14. The van der Waals surface area contributed by atoms with E-state index in [2.05, 4.69) is 38.0 Å². The van der Waals surface area contributed by atoms with Gasteiger partial charge in [0, 0.05) is 29.1 Å². The van der Waals surface area contributed by atoms with Gasteiger partial charge in [0.1, 0.15) is 0 Å². The Kier molecular flexibility index (Phi) is 2.92. The number of aryl methyl sites for hydroxylation is 3. The Bertz CT molecular complexity index is 553. The van der Waals surface area contributed by atoms with E-state index in [1.807, 2.05) is 17.7 Å². The van der Waals surface area contributed by atoms with Gasteiger partial charge in [-0.25, -0.2) is 0 Å². The van der Waals surface area contributed by atoms with Crippen molar-refractivity contribution in [2.24, 2.45) is 0 Å². The first-order chi connectivity index (χ1) is 8.04. The van der Waals surface area contributed by atoms with Crippen molar-refractivity contribution >= 4 is 5.69 Å². The minimum absolute atomic E-state index is 0.826. The average molecular weight is 229 g/mol. The number of hydrogen-bond donors (Lipinski definition) is 1. The Morgan fingerprint density at radius 2 is 1.94 bits per heavy atom. The number of aromatic nitrogens is 2. The van der Waals surface area contributed by atoms with Gasteiger partial charge in [0.15, 0.2) is 0 Å². The van der Waals surface area contributed by atoms with Crippen molar-refractivity contribution < 1.29 is 0 Å². The third-order valence-corrected chi connectivity index (χ3v) is 3.16. The molecule has 0 unspecified atom stereocenters. The van der Waals surface area contributed by atoms with Crippen LogP contribution in [0.5, 0.6) is 0 Å². The molecule has 1 aromatic carbocycles. The summed E-state index contributed by atoms with van der Waals surface area (Å²) in [4.78, 5) is 0. The van der Waals surface area contributed by atoms with Crippen LogP contribution in [-0.2, 0) is 6.54 Å². The molecule has 0 aliphatic rings. The van der Waals surface area contributed by atoms with Crippen LogP contribution in [0.3, 0.4) is 0 Å². The van der Waals surface area contributed by atoms with Crippen molar-refractivity contribution in [1.29, 1.82) is 0 Å². The third kappa shape index (κ3) is 1.93. The van der Waals surface area contributed by atoms with Crippen molar-refractivity contribution in [2.45, 2.75) is 34.2 Å². The lowest BCUT2D eigenvalue weighted by atomic mass is 10.0. The largest absolute Gasteiger partial charge is 0.398 e. The molecule has 0 amide bonds. The van der Waals surface area contributed by atoms with Crippen molar-refractivity contribution in [3.05, 3.63) is 35.2 Å². The first kappa shape index (κ1) is 11.7. The number of hydrogen-bond acceptors (Lipinski definition) is 2. The van der Waals surface area contributed by atoms with Crippen molar-refractivity contribution in [1.82, 2.24) is 9.78 Å². The molecular formula is C14H19N3. The molecule has 0 fully saturated rings. The summed E-state index contributed by atoms with van der Waals surface area (Å²) in [5, 5.41) is 4.53. The molecule has 2 aromatic rings. The maximum atomic E-state index is 6.10. The van der Waals surface area contributed by atoms with Crippen LogP contribution >= 0.6 is 0 Å². The second kappa shape index (κ2) is 4.24. The zero-order valence-electron chi connectivity index (χ0n) is 10.9. The molecule has 0 bridgehead atoms. The van der Waals surface area contributed by atoms with E-state index in [1.54, 1.807) is 0 Å². The Morgan fingerprint density at radius 1 is 1.24 bits per heavy atom. The van der Waals surface area contributed by atoms with Crippen LogP contribution in [0.4, 0.5) is 5.69 Å². The topological polar surface area (TPSA) is 43.8 Å². The number of rotatable bonds is 2. The van der Waals surface area contributed by atoms with Crippen molar-refractivity contribution in [3.63, 3.8) is 0 Å². The second-order valence-corrected chi connectivity index (χ2v) is 4.45. The molecule has 0 atom stereocenters. The van der Waals surface area contributed by atoms with Crippen LogP contribution in [-0.4, -0.2) is 9.78 Å². The van der Waals surface area contributed by atoms with Crippen LogP contribution in [0.2, 0.25) is 0 Å². The number of benzene rings is 1. The van der Waals surface area contributed by atoms with Crippen LogP contribution in [0.25, 0.3) is 11.1 Å². The van der Waals surface area contributed by atoms with E-state index >= 15 is 0 Å². The molecule has 2 N–H and O–H groups in total. The first-order valence-electron chi connectivity index (χ1n) is 5.95. The van der Waals surface area contributed by atoms with Gasteiger partial charge in [-0.05, 0) is 39.3 Å². The van der Waals surface area contributed by atoms with Gasteiger partial charge in [-0.3, -0.25) is 4.68 Å². The fourth-order valence-electron chi connectivity index (χ4n) is 2.30. The highest BCUT2D eigenvalue weighted by molar-refractivity contribution is 5.79. The number of nitrogens with zero attached hydrogens (tertiary/aromatic N) is 2. The fraction of sp³-hybridized carbons (Fsp3) is 0.357. The Morgan fingerprint density at radius 3 is 2.47 bits per heavy atom. The maximum Gasteiger partial charge on any atom is 0.0675 e. The molecule has 3 nitrogen and oxygen atoms in total. The van der Waals surface area contributed by atoms with Gasteiger partial charge >= 0.3 is 0 Å². The highest BCUT2D eigenvalue weighted by atomic mass is 15.3. The molecule has 0 aliphatic heterocycles. The van der Waals surface area contributed by atoms with E-state index < -0.39 is 0 Å².